The summed E-state index contributed by atoms with van der Waals surface area (Å²) in [5.41, 5.74) is 4.88. The Balaban J connectivity index is 1.81. The molecule has 0 aliphatic rings. The number of carbonyl (C=O) groups is 4. The van der Waals surface area contributed by atoms with Gasteiger partial charge in [0.2, 0.25) is 0 Å². The molecular weight excluding hydrogens is 588 g/mol. The van der Waals surface area contributed by atoms with Gasteiger partial charge >= 0.3 is 23.9 Å². The van der Waals surface area contributed by atoms with Crippen LogP contribution in [0.4, 0.5) is 0 Å². The average molecular weight is 615 g/mol. The molecule has 46 heavy (non-hydrogen) atoms. The zero-order chi connectivity index (χ0) is 32.5. The molecule has 0 N–H and O–H groups in total. The van der Waals surface area contributed by atoms with Crippen LogP contribution >= 0.6 is 0 Å². The molecule has 0 fully saturated rings. The van der Waals surface area contributed by atoms with Crippen molar-refractivity contribution in [1.82, 2.24) is 9.97 Å². The van der Waals surface area contributed by atoms with Crippen molar-refractivity contribution in [2.45, 2.75) is 0 Å². The van der Waals surface area contributed by atoms with Crippen LogP contribution in [-0.2, 0) is 18.9 Å². The van der Waals surface area contributed by atoms with Gasteiger partial charge in [0.1, 0.15) is 0 Å². The molecule has 6 aromatic rings. The zero-order valence-corrected chi connectivity index (χ0v) is 25.2. The Morgan fingerprint density at radius 2 is 0.761 bits per heavy atom. The summed E-state index contributed by atoms with van der Waals surface area (Å²) in [6.45, 7) is 0. The summed E-state index contributed by atoms with van der Waals surface area (Å²) in [6.07, 6.45) is 0. The fraction of sp³-hybridized carbons (Fsp3) is 0.111. The number of benzene rings is 5. The van der Waals surface area contributed by atoms with Gasteiger partial charge in [0.15, 0.2) is 0 Å². The second-order valence-electron chi connectivity index (χ2n) is 10.3. The van der Waals surface area contributed by atoms with E-state index < -0.39 is 23.9 Å². The summed E-state index contributed by atoms with van der Waals surface area (Å²) in [7, 11) is 5.04. The Morgan fingerprint density at radius 3 is 1.07 bits per heavy atom. The Bertz CT molecular complexity index is 2020. The second kappa shape index (κ2) is 12.1. The lowest BCUT2D eigenvalue weighted by Crippen LogP contribution is -2.08. The van der Waals surface area contributed by atoms with Gasteiger partial charge in [-0.3, -0.25) is 0 Å². The zero-order valence-electron chi connectivity index (χ0n) is 25.2. The van der Waals surface area contributed by atoms with Crippen LogP contribution in [0.5, 0.6) is 0 Å². The monoisotopic (exact) mass is 614 g/mol. The normalized spacial score (nSPS) is 11.0. The lowest BCUT2D eigenvalue weighted by atomic mass is 9.87. The van der Waals surface area contributed by atoms with Gasteiger partial charge in [-0.2, -0.15) is 0 Å². The number of ether oxygens (including phenoxy) is 4. The number of nitrogens with zero attached hydrogens (tertiary/aromatic N) is 2. The molecule has 228 valence electrons. The Morgan fingerprint density at radius 1 is 0.457 bits per heavy atom. The number of hydrogen-bond acceptors (Lipinski definition) is 10. The first kappa shape index (κ1) is 29.9. The van der Waals surface area contributed by atoms with Gasteiger partial charge in [-0.1, -0.05) is 36.4 Å². The minimum absolute atomic E-state index is 0.143. The summed E-state index contributed by atoms with van der Waals surface area (Å²) in [4.78, 5) is 61.1. The topological polar surface area (TPSA) is 131 Å². The first-order valence-electron chi connectivity index (χ1n) is 14.0. The SMILES string of the molecule is COC(=O)c1cc(C(=O)OC)cc(-c2c3ccccc3c(-c3cc(C(=O)OC)cc(C(=O)OC)c3)c3nc4ccccc4nc23)c1. The van der Waals surface area contributed by atoms with Gasteiger partial charge in [-0.15, -0.1) is 0 Å². The quantitative estimate of drug-likeness (QED) is 0.118. The van der Waals surface area contributed by atoms with E-state index in [-0.39, 0.29) is 22.3 Å². The first-order chi connectivity index (χ1) is 22.3. The molecular formula is C36H26N2O8. The van der Waals surface area contributed by atoms with E-state index in [1.165, 1.54) is 40.6 Å². The fourth-order valence-corrected chi connectivity index (χ4v) is 5.59. The van der Waals surface area contributed by atoms with Crippen LogP contribution < -0.4 is 0 Å². The molecule has 0 aliphatic heterocycles. The number of esters is 4. The van der Waals surface area contributed by atoms with E-state index >= 15 is 0 Å². The highest BCUT2D eigenvalue weighted by atomic mass is 16.5. The molecule has 0 unspecified atom stereocenters. The third-order valence-corrected chi connectivity index (χ3v) is 7.64. The number of carbonyl (C=O) groups excluding carboxylic acids is 4. The highest BCUT2D eigenvalue weighted by molar-refractivity contribution is 6.21. The largest absolute Gasteiger partial charge is 0.465 e. The predicted octanol–water partition coefficient (Wildman–Crippen LogP) is 6.42. The maximum Gasteiger partial charge on any atom is 0.337 e. The molecule has 0 saturated heterocycles. The third-order valence-electron chi connectivity index (χ3n) is 7.64. The van der Waals surface area contributed by atoms with E-state index in [4.69, 9.17) is 28.9 Å². The van der Waals surface area contributed by atoms with Gasteiger partial charge in [-0.25, -0.2) is 29.1 Å². The molecule has 1 aromatic heterocycles. The van der Waals surface area contributed by atoms with Gasteiger partial charge in [-0.05, 0) is 70.4 Å². The average Bonchev–Trinajstić information content (AvgIpc) is 3.10. The molecule has 0 atom stereocenters. The van der Waals surface area contributed by atoms with Crippen LogP contribution in [0.25, 0.3) is 55.1 Å². The first-order valence-corrected chi connectivity index (χ1v) is 14.0. The predicted molar refractivity (Wildman–Crippen MR) is 171 cm³/mol. The molecule has 5 aromatic carbocycles. The number of fused-ring (bicyclic) bond motifs is 3. The highest BCUT2D eigenvalue weighted by Gasteiger charge is 2.24. The fourth-order valence-electron chi connectivity index (χ4n) is 5.59. The van der Waals surface area contributed by atoms with E-state index in [2.05, 4.69) is 0 Å². The maximum atomic E-state index is 12.7. The number of aromatic nitrogens is 2. The highest BCUT2D eigenvalue weighted by Crippen LogP contribution is 2.43. The number of methoxy groups -OCH3 is 4. The molecule has 0 saturated carbocycles. The molecule has 0 amide bonds. The van der Waals surface area contributed by atoms with Crippen molar-refractivity contribution in [2.75, 3.05) is 28.4 Å². The lowest BCUT2D eigenvalue weighted by molar-refractivity contribution is 0.0581. The van der Waals surface area contributed by atoms with Crippen molar-refractivity contribution in [2.24, 2.45) is 0 Å². The van der Waals surface area contributed by atoms with Crippen molar-refractivity contribution in [1.29, 1.82) is 0 Å². The Labute approximate surface area is 262 Å². The number of hydrogen-bond donors (Lipinski definition) is 0. The molecule has 1 heterocycles. The molecule has 0 spiro atoms. The summed E-state index contributed by atoms with van der Waals surface area (Å²) in [5.74, 6) is -2.54. The molecule has 10 heteroatoms. The van der Waals surface area contributed by atoms with E-state index in [9.17, 15) is 19.2 Å². The van der Waals surface area contributed by atoms with Crippen LogP contribution in [-0.4, -0.2) is 62.3 Å². The summed E-state index contributed by atoms with van der Waals surface area (Å²) in [5, 5.41) is 1.41. The molecule has 0 aliphatic carbocycles. The van der Waals surface area contributed by atoms with Crippen molar-refractivity contribution >= 4 is 56.7 Å². The van der Waals surface area contributed by atoms with Crippen molar-refractivity contribution < 1.29 is 38.1 Å². The van der Waals surface area contributed by atoms with Crippen LogP contribution in [0.1, 0.15) is 41.4 Å². The Kier molecular flexibility index (Phi) is 7.85. The van der Waals surface area contributed by atoms with Crippen LogP contribution in [0.3, 0.4) is 0 Å². The number of para-hydroxylation sites is 2. The van der Waals surface area contributed by atoms with Crippen LogP contribution in [0.15, 0.2) is 84.9 Å². The molecule has 0 radical (unpaired) electrons. The minimum Gasteiger partial charge on any atom is -0.465 e. The third kappa shape index (κ3) is 5.15. The van der Waals surface area contributed by atoms with Gasteiger partial charge in [0.05, 0.1) is 72.8 Å². The molecule has 0 bridgehead atoms. The van der Waals surface area contributed by atoms with Gasteiger partial charge in [0, 0.05) is 11.1 Å². The van der Waals surface area contributed by atoms with E-state index in [1.807, 2.05) is 48.5 Å². The van der Waals surface area contributed by atoms with Crippen molar-refractivity contribution in [3.8, 4) is 22.3 Å². The van der Waals surface area contributed by atoms with Crippen LogP contribution in [0.2, 0.25) is 0 Å². The summed E-state index contributed by atoms with van der Waals surface area (Å²) >= 11 is 0. The molecule has 10 nitrogen and oxygen atoms in total. The van der Waals surface area contributed by atoms with Gasteiger partial charge < -0.3 is 18.9 Å². The van der Waals surface area contributed by atoms with Crippen molar-refractivity contribution in [3.63, 3.8) is 0 Å². The van der Waals surface area contributed by atoms with Gasteiger partial charge in [0.25, 0.3) is 0 Å². The summed E-state index contributed by atoms with van der Waals surface area (Å²) in [6, 6.07) is 24.2. The lowest BCUT2D eigenvalue weighted by Gasteiger charge is -2.18. The maximum absolute atomic E-state index is 12.7. The van der Waals surface area contributed by atoms with E-state index in [1.54, 1.807) is 24.3 Å². The van der Waals surface area contributed by atoms with E-state index in [0.717, 1.165) is 0 Å². The van der Waals surface area contributed by atoms with Crippen LogP contribution in [0, 0.1) is 0 Å². The van der Waals surface area contributed by atoms with Crippen molar-refractivity contribution in [3.05, 3.63) is 107 Å². The number of rotatable bonds is 6. The minimum atomic E-state index is -0.635. The second-order valence-corrected chi connectivity index (χ2v) is 10.3. The smallest absolute Gasteiger partial charge is 0.337 e. The molecule has 6 rings (SSSR count). The van der Waals surface area contributed by atoms with E-state index in [0.29, 0.717) is 55.1 Å². The Hall–Kier alpha value is -6.16. The standard InChI is InChI=1S/C36H26N2O8/c1-43-33(39)21-13-19(14-22(17-21)34(40)44-2)29-25-9-5-6-10-26(25)30(32-31(29)37-27-11-7-8-12-28(27)38-32)20-15-23(35(41)45-3)18-24(16-20)36(42)46-4/h5-18H,1-4H3. The summed E-state index contributed by atoms with van der Waals surface area (Å²) < 4.78 is 20.0.